The van der Waals surface area contributed by atoms with Crippen molar-refractivity contribution in [1.82, 2.24) is 4.90 Å². The summed E-state index contributed by atoms with van der Waals surface area (Å²) in [5.41, 5.74) is 6.01. The van der Waals surface area contributed by atoms with E-state index in [1.54, 1.807) is 0 Å². The number of likely N-dealkylation sites (tertiary alicyclic amines) is 1. The number of rotatable bonds is 4. The highest BCUT2D eigenvalue weighted by Crippen LogP contribution is 2.40. The summed E-state index contributed by atoms with van der Waals surface area (Å²) in [5.74, 6) is -1.93. The molecule has 1 saturated heterocycles. The van der Waals surface area contributed by atoms with Crippen molar-refractivity contribution >= 4 is 29.1 Å². The van der Waals surface area contributed by atoms with E-state index in [2.05, 4.69) is 0 Å². The molecule has 2 atom stereocenters. The largest absolute Gasteiger partial charge is 0.507 e. The Balaban J connectivity index is 2.10. The van der Waals surface area contributed by atoms with Crippen LogP contribution < -0.4 is 5.73 Å². The molecule has 1 aromatic rings. The van der Waals surface area contributed by atoms with Gasteiger partial charge >= 0.3 is 0 Å². The number of aromatic hydroxyl groups is 1. The maximum atomic E-state index is 14.3. The van der Waals surface area contributed by atoms with Crippen molar-refractivity contribution in [2.75, 3.05) is 19.7 Å². The monoisotopic (exact) mass is 380 g/mol. The highest BCUT2D eigenvalue weighted by atomic mass is 35.5. The van der Waals surface area contributed by atoms with Gasteiger partial charge in [0, 0.05) is 30.8 Å². The molecule has 0 spiro atoms. The van der Waals surface area contributed by atoms with E-state index in [1.165, 1.54) is 4.90 Å². The van der Waals surface area contributed by atoms with Crippen molar-refractivity contribution < 1.29 is 24.5 Å². The summed E-state index contributed by atoms with van der Waals surface area (Å²) in [6.07, 6.45) is -0.513. The summed E-state index contributed by atoms with van der Waals surface area (Å²) >= 11 is 11.5. The number of carbonyl (C=O) groups excluding carboxylic acids is 1. The molecule has 0 aliphatic carbocycles. The number of halogens is 3. The molecule has 6 nitrogen and oxygen atoms in total. The van der Waals surface area contributed by atoms with Gasteiger partial charge < -0.3 is 26.0 Å². The third kappa shape index (κ3) is 3.75. The van der Waals surface area contributed by atoms with Crippen molar-refractivity contribution in [3.8, 4) is 5.75 Å². The molecular weight excluding hydrogens is 362 g/mol. The van der Waals surface area contributed by atoms with Crippen LogP contribution in [0.25, 0.3) is 0 Å². The summed E-state index contributed by atoms with van der Waals surface area (Å²) in [6, 6.07) is 0.345. The molecule has 1 amide bonds. The predicted octanol–water partition coefficient (Wildman–Crippen LogP) is 1.43. The Hall–Kier alpha value is -1.12. The van der Waals surface area contributed by atoms with Gasteiger partial charge in [0.2, 0.25) is 0 Å². The SMILES string of the molecule is N[C@H](c1c(O)cc(Cl)c(Cl)c1F)C1CCN(C(=O)[C@H](O)CO)CC1. The van der Waals surface area contributed by atoms with E-state index in [9.17, 15) is 19.4 Å². The van der Waals surface area contributed by atoms with Gasteiger partial charge in [-0.3, -0.25) is 4.79 Å². The molecular formula is C15H19Cl2FN2O4. The Labute approximate surface area is 148 Å². The minimum Gasteiger partial charge on any atom is -0.507 e. The van der Waals surface area contributed by atoms with Crippen LogP contribution in [0, 0.1) is 11.7 Å². The fraction of sp³-hybridized carbons (Fsp3) is 0.533. The van der Waals surface area contributed by atoms with Crippen molar-refractivity contribution in [2.45, 2.75) is 25.0 Å². The smallest absolute Gasteiger partial charge is 0.253 e. The second-order valence-corrected chi connectivity index (χ2v) is 6.59. The molecule has 1 aromatic carbocycles. The molecule has 0 radical (unpaired) electrons. The first-order valence-corrected chi connectivity index (χ1v) is 8.23. The fourth-order valence-corrected chi connectivity index (χ4v) is 3.26. The average Bonchev–Trinajstić information content (AvgIpc) is 2.58. The van der Waals surface area contributed by atoms with E-state index in [0.717, 1.165) is 6.07 Å². The quantitative estimate of drug-likeness (QED) is 0.591. The van der Waals surface area contributed by atoms with Crippen LogP contribution in [-0.4, -0.2) is 51.9 Å². The second-order valence-electron chi connectivity index (χ2n) is 5.81. The van der Waals surface area contributed by atoms with Gasteiger partial charge in [-0.15, -0.1) is 0 Å². The standard InChI is InChI=1S/C15H19Cl2FN2O4/c16-8-5-9(22)11(13(18)12(8)17)14(19)7-1-3-20(4-2-7)15(24)10(23)6-21/h5,7,10,14,21-23H,1-4,6,19H2/t10-,14+/m1/s1. The van der Waals surface area contributed by atoms with E-state index in [1.807, 2.05) is 0 Å². The maximum Gasteiger partial charge on any atom is 0.253 e. The lowest BCUT2D eigenvalue weighted by Crippen LogP contribution is -2.46. The fourth-order valence-electron chi connectivity index (χ4n) is 2.92. The third-order valence-electron chi connectivity index (χ3n) is 4.33. The molecule has 24 heavy (non-hydrogen) atoms. The van der Waals surface area contributed by atoms with Crippen molar-refractivity contribution in [1.29, 1.82) is 0 Å². The summed E-state index contributed by atoms with van der Waals surface area (Å²) < 4.78 is 14.3. The molecule has 1 aliphatic heterocycles. The number of phenolic OH excluding ortho intramolecular Hbond substituents is 1. The molecule has 5 N–H and O–H groups in total. The Morgan fingerprint density at radius 1 is 1.42 bits per heavy atom. The lowest BCUT2D eigenvalue weighted by atomic mass is 9.85. The molecule has 0 bridgehead atoms. The number of amides is 1. The van der Waals surface area contributed by atoms with Crippen LogP contribution >= 0.6 is 23.2 Å². The topological polar surface area (TPSA) is 107 Å². The average molecular weight is 381 g/mol. The van der Waals surface area contributed by atoms with Crippen molar-refractivity contribution in [3.05, 3.63) is 27.5 Å². The third-order valence-corrected chi connectivity index (χ3v) is 5.09. The first-order chi connectivity index (χ1) is 11.3. The molecule has 9 heteroatoms. The van der Waals surface area contributed by atoms with E-state index in [4.69, 9.17) is 34.0 Å². The number of nitrogens with two attached hydrogens (primary N) is 1. The number of hydrogen-bond acceptors (Lipinski definition) is 5. The number of aliphatic hydroxyl groups is 2. The van der Waals surface area contributed by atoms with E-state index in [0.29, 0.717) is 25.9 Å². The zero-order valence-electron chi connectivity index (χ0n) is 12.8. The molecule has 0 unspecified atom stereocenters. The Bertz CT molecular complexity index is 624. The summed E-state index contributed by atoms with van der Waals surface area (Å²) in [6.45, 7) is -0.00341. The summed E-state index contributed by atoms with van der Waals surface area (Å²) in [5, 5.41) is 27.8. The summed E-state index contributed by atoms with van der Waals surface area (Å²) in [4.78, 5) is 13.2. The number of carbonyl (C=O) groups is 1. The molecule has 0 aromatic heterocycles. The number of hydrogen-bond donors (Lipinski definition) is 4. The lowest BCUT2D eigenvalue weighted by molar-refractivity contribution is -0.143. The van der Waals surface area contributed by atoms with Gasteiger partial charge in [-0.2, -0.15) is 0 Å². The molecule has 0 saturated carbocycles. The number of aliphatic hydroxyl groups excluding tert-OH is 2. The van der Waals surface area contributed by atoms with Crippen molar-refractivity contribution in [2.24, 2.45) is 11.7 Å². The maximum absolute atomic E-state index is 14.3. The van der Waals surface area contributed by atoms with Crippen LogP contribution in [0.5, 0.6) is 5.75 Å². The first-order valence-electron chi connectivity index (χ1n) is 7.47. The molecule has 1 fully saturated rings. The van der Waals surface area contributed by atoms with Crippen LogP contribution in [0.1, 0.15) is 24.4 Å². The molecule has 1 heterocycles. The van der Waals surface area contributed by atoms with Crippen LogP contribution in [0.4, 0.5) is 4.39 Å². The second kappa shape index (κ2) is 7.84. The number of nitrogens with zero attached hydrogens (tertiary/aromatic N) is 1. The first kappa shape index (κ1) is 19.2. The number of phenols is 1. The minimum absolute atomic E-state index is 0.0930. The summed E-state index contributed by atoms with van der Waals surface area (Å²) in [7, 11) is 0. The van der Waals surface area contributed by atoms with Gasteiger partial charge in [0.15, 0.2) is 11.9 Å². The lowest BCUT2D eigenvalue weighted by Gasteiger charge is -2.35. The Morgan fingerprint density at radius 2 is 2.00 bits per heavy atom. The zero-order chi connectivity index (χ0) is 18.0. The molecule has 1 aliphatic rings. The van der Waals surface area contributed by atoms with Gasteiger partial charge in [-0.25, -0.2) is 4.39 Å². The van der Waals surface area contributed by atoms with Crippen LogP contribution in [0.2, 0.25) is 10.0 Å². The van der Waals surface area contributed by atoms with E-state index in [-0.39, 0.29) is 27.3 Å². The van der Waals surface area contributed by atoms with E-state index >= 15 is 0 Å². The van der Waals surface area contributed by atoms with Crippen LogP contribution in [0.15, 0.2) is 6.07 Å². The van der Waals surface area contributed by atoms with Crippen LogP contribution in [-0.2, 0) is 4.79 Å². The predicted molar refractivity (Wildman–Crippen MR) is 87.4 cm³/mol. The normalized spacial score (nSPS) is 18.5. The van der Waals surface area contributed by atoms with Gasteiger partial charge in [0.25, 0.3) is 5.91 Å². The minimum atomic E-state index is -1.44. The van der Waals surface area contributed by atoms with Crippen LogP contribution in [0.3, 0.4) is 0 Å². The highest BCUT2D eigenvalue weighted by Gasteiger charge is 2.32. The zero-order valence-corrected chi connectivity index (χ0v) is 14.3. The molecule has 2 rings (SSSR count). The Kier molecular flexibility index (Phi) is 6.28. The van der Waals surface area contributed by atoms with Gasteiger partial charge in [0.05, 0.1) is 16.7 Å². The number of piperidine rings is 1. The van der Waals surface area contributed by atoms with Gasteiger partial charge in [-0.1, -0.05) is 23.2 Å². The number of benzene rings is 1. The highest BCUT2D eigenvalue weighted by molar-refractivity contribution is 6.42. The molecule has 134 valence electrons. The van der Waals surface area contributed by atoms with E-state index < -0.39 is 30.5 Å². The Morgan fingerprint density at radius 3 is 2.54 bits per heavy atom. The van der Waals surface area contributed by atoms with Gasteiger partial charge in [0.1, 0.15) is 5.75 Å². The van der Waals surface area contributed by atoms with Crippen molar-refractivity contribution in [3.63, 3.8) is 0 Å². The van der Waals surface area contributed by atoms with Gasteiger partial charge in [-0.05, 0) is 18.8 Å².